The van der Waals surface area contributed by atoms with E-state index in [4.69, 9.17) is 23.8 Å². The van der Waals surface area contributed by atoms with Gasteiger partial charge in [-0.3, -0.25) is 0 Å². The summed E-state index contributed by atoms with van der Waals surface area (Å²) in [6.07, 6.45) is 0. The summed E-state index contributed by atoms with van der Waals surface area (Å²) in [6, 6.07) is 7.42. The Morgan fingerprint density at radius 1 is 1.42 bits per heavy atom. The molecule has 1 heterocycles. The largest absolute Gasteiger partial charge is 0.357 e. The van der Waals surface area contributed by atoms with Gasteiger partial charge in [0.15, 0.2) is 14.9 Å². The molecule has 0 bridgehead atoms. The molecule has 2 N–H and O–H groups in total. The van der Waals surface area contributed by atoms with Crippen LogP contribution < -0.4 is 10.6 Å². The summed E-state index contributed by atoms with van der Waals surface area (Å²) in [5.41, 5.74) is 1.98. The number of anilines is 1. The van der Waals surface area contributed by atoms with Crippen LogP contribution in [0.15, 0.2) is 24.3 Å². The van der Waals surface area contributed by atoms with Crippen LogP contribution in [0.2, 0.25) is 0 Å². The van der Waals surface area contributed by atoms with Gasteiger partial charge < -0.3 is 10.6 Å². The Hall–Kier alpha value is -0.850. The first-order valence-electron chi connectivity index (χ1n) is 5.84. The first kappa shape index (κ1) is 14.6. The molecule has 104 valence electrons. The van der Waals surface area contributed by atoms with Gasteiger partial charge in [0.05, 0.1) is 22.9 Å². The Morgan fingerprint density at radius 3 is 2.74 bits per heavy atom. The zero-order valence-corrected chi connectivity index (χ0v) is 12.8. The molecule has 4 nitrogen and oxygen atoms in total. The molecule has 7 heteroatoms. The summed E-state index contributed by atoms with van der Waals surface area (Å²) in [7, 11) is -3.05. The van der Waals surface area contributed by atoms with Crippen molar-refractivity contribution in [1.29, 1.82) is 0 Å². The lowest BCUT2D eigenvalue weighted by atomic mass is 10.2. The Morgan fingerprint density at radius 2 is 2.16 bits per heavy atom. The van der Waals surface area contributed by atoms with Gasteiger partial charge in [0, 0.05) is 5.69 Å². The number of halogens is 1. The maximum atomic E-state index is 11.4. The van der Waals surface area contributed by atoms with Crippen LogP contribution in [0.1, 0.15) is 5.56 Å². The molecule has 1 fully saturated rings. The molecule has 1 aromatic carbocycles. The molecule has 0 amide bonds. The van der Waals surface area contributed by atoms with Gasteiger partial charge in [-0.05, 0) is 36.8 Å². The smallest absolute Gasteiger partial charge is 0.171 e. The predicted molar refractivity (Wildman–Crippen MR) is 82.6 cm³/mol. The Balaban J connectivity index is 1.95. The van der Waals surface area contributed by atoms with Crippen molar-refractivity contribution < 1.29 is 8.42 Å². The fourth-order valence-corrected chi connectivity index (χ4v) is 4.81. The van der Waals surface area contributed by atoms with Gasteiger partial charge in [0.1, 0.15) is 0 Å². The highest BCUT2D eigenvalue weighted by Gasteiger charge is 2.36. The lowest BCUT2D eigenvalue weighted by Crippen LogP contribution is -2.42. The van der Waals surface area contributed by atoms with E-state index < -0.39 is 15.2 Å². The van der Waals surface area contributed by atoms with Crippen molar-refractivity contribution in [2.24, 2.45) is 0 Å². The highest BCUT2D eigenvalue weighted by Crippen LogP contribution is 2.18. The number of hydrogen-bond donors (Lipinski definition) is 2. The number of aryl methyl sites for hydroxylation is 1. The number of nitrogens with one attached hydrogen (secondary N) is 2. The fourth-order valence-electron chi connectivity index (χ4n) is 2.00. The van der Waals surface area contributed by atoms with Gasteiger partial charge in [-0.15, -0.1) is 11.6 Å². The Kier molecular flexibility index (Phi) is 4.32. The van der Waals surface area contributed by atoms with Gasteiger partial charge in [-0.25, -0.2) is 8.42 Å². The number of alkyl halides is 1. The van der Waals surface area contributed by atoms with E-state index >= 15 is 0 Å². The molecule has 2 rings (SSSR count). The average molecular weight is 319 g/mol. The molecule has 1 aliphatic rings. The number of benzene rings is 1. The number of thiocarbonyl (C=S) groups is 1. The SMILES string of the molecule is Cc1cccc(NC(=S)NC2CS(=O)(=O)CC2Cl)c1. The van der Waals surface area contributed by atoms with Crippen molar-refractivity contribution in [2.45, 2.75) is 18.3 Å². The van der Waals surface area contributed by atoms with E-state index in [0.717, 1.165) is 11.3 Å². The summed E-state index contributed by atoms with van der Waals surface area (Å²) in [6.45, 7) is 1.99. The molecule has 1 aromatic rings. The van der Waals surface area contributed by atoms with Crippen LogP contribution in [0.4, 0.5) is 5.69 Å². The number of sulfone groups is 1. The third kappa shape index (κ3) is 4.06. The molecule has 0 radical (unpaired) electrons. The monoisotopic (exact) mass is 318 g/mol. The Labute approximate surface area is 123 Å². The average Bonchev–Trinajstić information content (AvgIpc) is 2.51. The minimum atomic E-state index is -3.05. The van der Waals surface area contributed by atoms with E-state index in [1.807, 2.05) is 31.2 Å². The van der Waals surface area contributed by atoms with Gasteiger partial charge in [-0.2, -0.15) is 0 Å². The van der Waals surface area contributed by atoms with Crippen molar-refractivity contribution in [3.63, 3.8) is 0 Å². The van der Waals surface area contributed by atoms with Crippen molar-refractivity contribution in [3.8, 4) is 0 Å². The van der Waals surface area contributed by atoms with Crippen molar-refractivity contribution >= 4 is 44.5 Å². The van der Waals surface area contributed by atoms with E-state index in [-0.39, 0.29) is 17.5 Å². The summed E-state index contributed by atoms with van der Waals surface area (Å²) in [5.74, 6) is 0.0239. The van der Waals surface area contributed by atoms with Crippen molar-refractivity contribution in [3.05, 3.63) is 29.8 Å². The third-order valence-electron chi connectivity index (χ3n) is 2.88. The van der Waals surface area contributed by atoms with E-state index in [1.54, 1.807) is 0 Å². The molecule has 1 aliphatic heterocycles. The summed E-state index contributed by atoms with van der Waals surface area (Å²) in [4.78, 5) is 0. The standard InChI is InChI=1S/C12H15ClN2O2S2/c1-8-3-2-4-9(5-8)14-12(18)15-11-7-19(16,17)6-10(11)13/h2-5,10-11H,6-7H2,1H3,(H2,14,15,18). The lowest BCUT2D eigenvalue weighted by Gasteiger charge is -2.17. The lowest BCUT2D eigenvalue weighted by molar-refractivity contribution is 0.600. The molecular formula is C12H15ClN2O2S2. The van der Waals surface area contributed by atoms with E-state index in [9.17, 15) is 8.42 Å². The van der Waals surface area contributed by atoms with Crippen molar-refractivity contribution in [2.75, 3.05) is 16.8 Å². The topological polar surface area (TPSA) is 58.2 Å². The molecule has 2 atom stereocenters. The minimum absolute atomic E-state index is 0.000714. The maximum Gasteiger partial charge on any atom is 0.171 e. The fraction of sp³-hybridized carbons (Fsp3) is 0.417. The summed E-state index contributed by atoms with van der Waals surface area (Å²) < 4.78 is 22.9. The molecule has 0 aromatic heterocycles. The quantitative estimate of drug-likeness (QED) is 0.642. The zero-order valence-electron chi connectivity index (χ0n) is 10.4. The molecule has 0 saturated carbocycles. The first-order valence-corrected chi connectivity index (χ1v) is 8.51. The summed E-state index contributed by atoms with van der Waals surface area (Å²) in [5, 5.41) is 5.93. The second-order valence-electron chi connectivity index (χ2n) is 4.67. The van der Waals surface area contributed by atoms with E-state index in [1.165, 1.54) is 0 Å². The van der Waals surface area contributed by atoms with Crippen LogP contribution in [0.25, 0.3) is 0 Å². The molecular weight excluding hydrogens is 304 g/mol. The van der Waals surface area contributed by atoms with Crippen LogP contribution in [0.5, 0.6) is 0 Å². The number of hydrogen-bond acceptors (Lipinski definition) is 3. The third-order valence-corrected chi connectivity index (χ3v) is 5.47. The van der Waals surface area contributed by atoms with Gasteiger partial charge in [0.25, 0.3) is 0 Å². The zero-order chi connectivity index (χ0) is 14.0. The van der Waals surface area contributed by atoms with Crippen LogP contribution in [-0.2, 0) is 9.84 Å². The van der Waals surface area contributed by atoms with Crippen LogP contribution in [0.3, 0.4) is 0 Å². The number of rotatable bonds is 2. The molecule has 0 spiro atoms. The normalized spacial score (nSPS) is 24.9. The Bertz CT molecular complexity index is 589. The van der Waals surface area contributed by atoms with Gasteiger partial charge in [-0.1, -0.05) is 12.1 Å². The van der Waals surface area contributed by atoms with E-state index in [2.05, 4.69) is 10.6 Å². The van der Waals surface area contributed by atoms with Crippen LogP contribution >= 0.6 is 23.8 Å². The molecule has 1 saturated heterocycles. The van der Waals surface area contributed by atoms with Crippen molar-refractivity contribution in [1.82, 2.24) is 5.32 Å². The second kappa shape index (κ2) is 5.64. The van der Waals surface area contributed by atoms with Gasteiger partial charge >= 0.3 is 0 Å². The first-order chi connectivity index (χ1) is 8.85. The maximum absolute atomic E-state index is 11.4. The molecule has 0 aliphatic carbocycles. The predicted octanol–water partition coefficient (Wildman–Crippen LogP) is 1.69. The highest BCUT2D eigenvalue weighted by atomic mass is 35.5. The molecule has 19 heavy (non-hydrogen) atoms. The summed E-state index contributed by atoms with van der Waals surface area (Å²) >= 11 is 11.2. The van der Waals surface area contributed by atoms with Crippen LogP contribution in [0, 0.1) is 6.92 Å². The minimum Gasteiger partial charge on any atom is -0.357 e. The van der Waals surface area contributed by atoms with E-state index in [0.29, 0.717) is 5.11 Å². The van der Waals surface area contributed by atoms with Crippen LogP contribution in [-0.4, -0.2) is 36.5 Å². The van der Waals surface area contributed by atoms with Gasteiger partial charge in [0.2, 0.25) is 0 Å². The highest BCUT2D eigenvalue weighted by molar-refractivity contribution is 7.91. The second-order valence-corrected chi connectivity index (χ2v) is 7.79. The molecule has 2 unspecified atom stereocenters.